The van der Waals surface area contributed by atoms with E-state index in [0.29, 0.717) is 0 Å². The number of aryl methyl sites for hydroxylation is 2. The lowest BCUT2D eigenvalue weighted by Gasteiger charge is -2.02. The Labute approximate surface area is 78.2 Å². The quantitative estimate of drug-likeness (QED) is 0.684. The van der Waals surface area contributed by atoms with Gasteiger partial charge in [0, 0.05) is 18.9 Å². The number of hydrogen-bond acceptors (Lipinski definition) is 1. The molecule has 2 heteroatoms. The number of fused-ring (bicyclic) bond motifs is 1. The smallest absolute Gasteiger partial charge is 0.0881 e. The maximum Gasteiger partial charge on any atom is 0.0881 e. The third kappa shape index (κ3) is 1.44. The first-order valence-corrected chi connectivity index (χ1v) is 4.72. The second-order valence-electron chi connectivity index (χ2n) is 3.43. The molecule has 0 radical (unpaired) electrons. The molecule has 0 aromatic carbocycles. The van der Waals surface area contributed by atoms with Crippen molar-refractivity contribution < 1.29 is 0 Å². The Morgan fingerprint density at radius 2 is 2.31 bits per heavy atom. The first-order chi connectivity index (χ1) is 6.31. The van der Waals surface area contributed by atoms with Crippen LogP contribution in [0.5, 0.6) is 0 Å². The van der Waals surface area contributed by atoms with Crippen LogP contribution >= 0.6 is 0 Å². The van der Waals surface area contributed by atoms with E-state index >= 15 is 0 Å². The molecule has 0 atom stereocenters. The van der Waals surface area contributed by atoms with E-state index in [2.05, 4.69) is 41.7 Å². The zero-order chi connectivity index (χ0) is 9.26. The van der Waals surface area contributed by atoms with Crippen molar-refractivity contribution >= 4 is 11.0 Å². The van der Waals surface area contributed by atoms with Crippen LogP contribution in [-0.2, 0) is 6.54 Å². The van der Waals surface area contributed by atoms with Gasteiger partial charge in [0.2, 0.25) is 0 Å². The molecule has 0 saturated heterocycles. The Kier molecular flexibility index (Phi) is 2.05. The Hall–Kier alpha value is -1.31. The molecule has 0 unspecified atom stereocenters. The first kappa shape index (κ1) is 8.30. The van der Waals surface area contributed by atoms with E-state index in [-0.39, 0.29) is 0 Å². The molecule has 0 fully saturated rings. The van der Waals surface area contributed by atoms with E-state index in [4.69, 9.17) is 0 Å². The number of hydrogen-bond donors (Lipinski definition) is 0. The molecular weight excluding hydrogens is 160 g/mol. The minimum Gasteiger partial charge on any atom is -0.346 e. The van der Waals surface area contributed by atoms with E-state index in [1.54, 1.807) is 0 Å². The fourth-order valence-electron chi connectivity index (χ4n) is 1.60. The predicted octanol–water partition coefficient (Wildman–Crippen LogP) is 2.75. The van der Waals surface area contributed by atoms with Gasteiger partial charge in [0.25, 0.3) is 0 Å². The molecule has 2 aromatic rings. The van der Waals surface area contributed by atoms with Crippen LogP contribution in [0.25, 0.3) is 11.0 Å². The highest BCUT2D eigenvalue weighted by Crippen LogP contribution is 2.14. The van der Waals surface area contributed by atoms with Crippen molar-refractivity contribution in [1.29, 1.82) is 0 Å². The molecule has 2 heterocycles. The van der Waals surface area contributed by atoms with Crippen LogP contribution in [0.1, 0.15) is 18.9 Å². The van der Waals surface area contributed by atoms with Gasteiger partial charge < -0.3 is 4.57 Å². The average molecular weight is 174 g/mol. The van der Waals surface area contributed by atoms with E-state index in [1.807, 2.05) is 6.20 Å². The molecule has 0 bridgehead atoms. The standard InChI is InChI=1S/C11H14N2/c1-3-5-13-6-4-10-11(13)7-9(2)8-12-10/h4,6-8H,3,5H2,1-2H3. The molecule has 0 aliphatic rings. The van der Waals surface area contributed by atoms with Gasteiger partial charge in [0.05, 0.1) is 11.0 Å². The highest BCUT2D eigenvalue weighted by molar-refractivity contribution is 5.76. The molecule has 13 heavy (non-hydrogen) atoms. The lowest BCUT2D eigenvalue weighted by Crippen LogP contribution is -1.94. The van der Waals surface area contributed by atoms with Crippen molar-refractivity contribution in [2.75, 3.05) is 0 Å². The third-order valence-electron chi connectivity index (χ3n) is 2.22. The van der Waals surface area contributed by atoms with Crippen LogP contribution in [0.15, 0.2) is 24.5 Å². The predicted molar refractivity (Wildman–Crippen MR) is 54.8 cm³/mol. The molecular formula is C11H14N2. The van der Waals surface area contributed by atoms with Crippen molar-refractivity contribution in [3.8, 4) is 0 Å². The second kappa shape index (κ2) is 3.21. The van der Waals surface area contributed by atoms with Gasteiger partial charge in [-0.25, -0.2) is 0 Å². The maximum atomic E-state index is 4.36. The fraction of sp³-hybridized carbons (Fsp3) is 0.364. The second-order valence-corrected chi connectivity index (χ2v) is 3.43. The monoisotopic (exact) mass is 174 g/mol. The SMILES string of the molecule is CCCn1ccc2ncc(C)cc21. The summed E-state index contributed by atoms with van der Waals surface area (Å²) in [6.45, 7) is 5.35. The minimum absolute atomic E-state index is 1.08. The van der Waals surface area contributed by atoms with Gasteiger partial charge in [-0.1, -0.05) is 6.92 Å². The molecule has 2 rings (SSSR count). The van der Waals surface area contributed by atoms with Crippen molar-refractivity contribution in [3.63, 3.8) is 0 Å². The van der Waals surface area contributed by atoms with Crippen molar-refractivity contribution in [2.45, 2.75) is 26.8 Å². The first-order valence-electron chi connectivity index (χ1n) is 4.72. The van der Waals surface area contributed by atoms with Crippen molar-refractivity contribution in [1.82, 2.24) is 9.55 Å². The van der Waals surface area contributed by atoms with Crippen LogP contribution < -0.4 is 0 Å². The van der Waals surface area contributed by atoms with E-state index in [1.165, 1.54) is 11.1 Å². The normalized spacial score (nSPS) is 10.9. The van der Waals surface area contributed by atoms with Gasteiger partial charge >= 0.3 is 0 Å². The van der Waals surface area contributed by atoms with Crippen LogP contribution in [-0.4, -0.2) is 9.55 Å². The summed E-state index contributed by atoms with van der Waals surface area (Å²) in [5.74, 6) is 0. The Balaban J connectivity index is 2.58. The molecule has 0 aliphatic heterocycles. The summed E-state index contributed by atoms with van der Waals surface area (Å²) in [6.07, 6.45) is 5.19. The molecule has 0 spiro atoms. The van der Waals surface area contributed by atoms with Gasteiger partial charge in [0.15, 0.2) is 0 Å². The average Bonchev–Trinajstić information content (AvgIpc) is 2.49. The molecule has 0 amide bonds. The minimum atomic E-state index is 1.08. The Bertz CT molecular complexity index is 415. The summed E-state index contributed by atoms with van der Waals surface area (Å²) in [6, 6.07) is 4.27. The molecule has 68 valence electrons. The molecule has 0 N–H and O–H groups in total. The summed E-state index contributed by atoms with van der Waals surface area (Å²) >= 11 is 0. The van der Waals surface area contributed by atoms with Gasteiger partial charge in [-0.3, -0.25) is 4.98 Å². The summed E-state index contributed by atoms with van der Waals surface area (Å²) in [4.78, 5) is 4.36. The summed E-state index contributed by atoms with van der Waals surface area (Å²) in [5, 5.41) is 0. The largest absolute Gasteiger partial charge is 0.346 e. The van der Waals surface area contributed by atoms with Crippen LogP contribution in [0.4, 0.5) is 0 Å². The van der Waals surface area contributed by atoms with E-state index < -0.39 is 0 Å². The van der Waals surface area contributed by atoms with Crippen LogP contribution in [0.2, 0.25) is 0 Å². The Morgan fingerprint density at radius 1 is 1.46 bits per heavy atom. The maximum absolute atomic E-state index is 4.36. The number of nitrogens with zero attached hydrogens (tertiary/aromatic N) is 2. The van der Waals surface area contributed by atoms with E-state index in [9.17, 15) is 0 Å². The van der Waals surface area contributed by atoms with E-state index in [0.717, 1.165) is 18.5 Å². The third-order valence-corrected chi connectivity index (χ3v) is 2.22. The summed E-state index contributed by atoms with van der Waals surface area (Å²) < 4.78 is 2.26. The summed E-state index contributed by atoms with van der Waals surface area (Å²) in [7, 11) is 0. The zero-order valence-corrected chi connectivity index (χ0v) is 8.12. The zero-order valence-electron chi connectivity index (χ0n) is 8.12. The highest BCUT2D eigenvalue weighted by atomic mass is 15.0. The molecule has 0 aliphatic carbocycles. The fourth-order valence-corrected chi connectivity index (χ4v) is 1.60. The molecule has 2 nitrogen and oxygen atoms in total. The molecule has 2 aromatic heterocycles. The number of rotatable bonds is 2. The van der Waals surface area contributed by atoms with Gasteiger partial charge in [0.1, 0.15) is 0 Å². The van der Waals surface area contributed by atoms with Gasteiger partial charge in [-0.2, -0.15) is 0 Å². The lowest BCUT2D eigenvalue weighted by molar-refractivity contribution is 0.703. The highest BCUT2D eigenvalue weighted by Gasteiger charge is 2.00. The molecule has 0 saturated carbocycles. The number of pyridine rings is 1. The van der Waals surface area contributed by atoms with Crippen molar-refractivity contribution in [2.24, 2.45) is 0 Å². The van der Waals surface area contributed by atoms with Gasteiger partial charge in [-0.05, 0) is 31.0 Å². The van der Waals surface area contributed by atoms with Gasteiger partial charge in [-0.15, -0.1) is 0 Å². The van der Waals surface area contributed by atoms with Crippen molar-refractivity contribution in [3.05, 3.63) is 30.1 Å². The Morgan fingerprint density at radius 3 is 3.08 bits per heavy atom. The van der Waals surface area contributed by atoms with Crippen LogP contribution in [0, 0.1) is 6.92 Å². The lowest BCUT2D eigenvalue weighted by atomic mass is 10.3. The van der Waals surface area contributed by atoms with Crippen LogP contribution in [0.3, 0.4) is 0 Å². The topological polar surface area (TPSA) is 17.8 Å². The number of aromatic nitrogens is 2. The summed E-state index contributed by atoms with van der Waals surface area (Å²) in [5.41, 5.74) is 3.57.